The maximum absolute atomic E-state index is 10.7. The Morgan fingerprint density at radius 3 is 2.80 bits per heavy atom. The molecule has 5 nitrogen and oxygen atoms in total. The number of ether oxygens (including phenoxy) is 1. The summed E-state index contributed by atoms with van der Waals surface area (Å²) in [5.41, 5.74) is 0.608. The van der Waals surface area contributed by atoms with E-state index in [9.17, 15) is 4.79 Å². The van der Waals surface area contributed by atoms with Gasteiger partial charge < -0.3 is 9.84 Å². The molecule has 0 bridgehead atoms. The number of aromatic nitrogens is 2. The van der Waals surface area contributed by atoms with E-state index < -0.39 is 5.97 Å². The molecule has 2 aromatic carbocycles. The van der Waals surface area contributed by atoms with Crippen molar-refractivity contribution in [2.75, 3.05) is 0 Å². The quantitative estimate of drug-likeness (QED) is 0.763. The van der Waals surface area contributed by atoms with Gasteiger partial charge in [0.25, 0.3) is 0 Å². The Balaban J connectivity index is 1.81. The molecule has 0 aliphatic rings. The molecule has 5 heteroatoms. The SMILES string of the molecule is O=C(O)c1cc(COc2cccc3ccccc23)[nH]n1. The first-order chi connectivity index (χ1) is 9.74. The van der Waals surface area contributed by atoms with Crippen molar-refractivity contribution >= 4 is 16.7 Å². The number of aromatic amines is 1. The highest BCUT2D eigenvalue weighted by Crippen LogP contribution is 2.25. The first-order valence-electron chi connectivity index (χ1n) is 6.12. The minimum Gasteiger partial charge on any atom is -0.487 e. The number of hydrogen-bond donors (Lipinski definition) is 2. The maximum atomic E-state index is 10.7. The van der Waals surface area contributed by atoms with E-state index in [0.29, 0.717) is 5.69 Å². The van der Waals surface area contributed by atoms with Crippen LogP contribution in [-0.2, 0) is 6.61 Å². The van der Waals surface area contributed by atoms with Gasteiger partial charge in [-0.25, -0.2) is 4.79 Å². The Hall–Kier alpha value is -2.82. The van der Waals surface area contributed by atoms with Crippen LogP contribution in [0, 0.1) is 0 Å². The van der Waals surface area contributed by atoms with Crippen molar-refractivity contribution < 1.29 is 14.6 Å². The fourth-order valence-corrected chi connectivity index (χ4v) is 2.02. The molecule has 0 atom stereocenters. The number of carboxylic acid groups (broad SMARTS) is 1. The molecule has 1 heterocycles. The Kier molecular flexibility index (Phi) is 3.09. The lowest BCUT2D eigenvalue weighted by atomic mass is 10.1. The first-order valence-corrected chi connectivity index (χ1v) is 6.12. The van der Waals surface area contributed by atoms with Crippen molar-refractivity contribution in [2.45, 2.75) is 6.61 Å². The summed E-state index contributed by atoms with van der Waals surface area (Å²) in [7, 11) is 0. The van der Waals surface area contributed by atoms with Crippen LogP contribution in [0.25, 0.3) is 10.8 Å². The van der Waals surface area contributed by atoms with Gasteiger partial charge in [-0.1, -0.05) is 36.4 Å². The highest BCUT2D eigenvalue weighted by molar-refractivity contribution is 5.88. The van der Waals surface area contributed by atoms with Crippen LogP contribution in [0.5, 0.6) is 5.75 Å². The van der Waals surface area contributed by atoms with Crippen LogP contribution in [-0.4, -0.2) is 21.3 Å². The van der Waals surface area contributed by atoms with Crippen LogP contribution >= 0.6 is 0 Å². The number of fused-ring (bicyclic) bond motifs is 1. The van der Waals surface area contributed by atoms with Crippen molar-refractivity contribution in [3.8, 4) is 5.75 Å². The normalized spacial score (nSPS) is 10.6. The molecule has 0 amide bonds. The van der Waals surface area contributed by atoms with E-state index in [2.05, 4.69) is 10.2 Å². The Morgan fingerprint density at radius 1 is 1.20 bits per heavy atom. The number of rotatable bonds is 4. The smallest absolute Gasteiger partial charge is 0.356 e. The number of carboxylic acids is 1. The summed E-state index contributed by atoms with van der Waals surface area (Å²) >= 11 is 0. The highest BCUT2D eigenvalue weighted by atomic mass is 16.5. The van der Waals surface area contributed by atoms with Gasteiger partial charge in [0.05, 0.1) is 5.69 Å². The van der Waals surface area contributed by atoms with Gasteiger partial charge in [0.1, 0.15) is 12.4 Å². The second-order valence-corrected chi connectivity index (χ2v) is 4.35. The average Bonchev–Trinajstić information content (AvgIpc) is 2.94. The number of hydrogen-bond acceptors (Lipinski definition) is 3. The van der Waals surface area contributed by atoms with Crippen molar-refractivity contribution in [3.63, 3.8) is 0 Å². The molecule has 0 aliphatic heterocycles. The Bertz CT molecular complexity index is 759. The van der Waals surface area contributed by atoms with E-state index >= 15 is 0 Å². The molecule has 3 rings (SSSR count). The lowest BCUT2D eigenvalue weighted by molar-refractivity contribution is 0.0690. The lowest BCUT2D eigenvalue weighted by Crippen LogP contribution is -1.96. The summed E-state index contributed by atoms with van der Waals surface area (Å²) in [5.74, 6) is -0.299. The molecule has 20 heavy (non-hydrogen) atoms. The number of H-pyrrole nitrogens is 1. The van der Waals surface area contributed by atoms with Gasteiger partial charge >= 0.3 is 5.97 Å². The molecular formula is C15H12N2O3. The van der Waals surface area contributed by atoms with E-state index in [1.165, 1.54) is 6.07 Å². The molecule has 0 spiro atoms. The summed E-state index contributed by atoms with van der Waals surface area (Å²) in [6.07, 6.45) is 0. The van der Waals surface area contributed by atoms with Crippen molar-refractivity contribution in [1.29, 1.82) is 0 Å². The van der Waals surface area contributed by atoms with Crippen LogP contribution in [0.2, 0.25) is 0 Å². The number of benzene rings is 2. The molecule has 0 saturated carbocycles. The van der Waals surface area contributed by atoms with Gasteiger partial charge in [-0.05, 0) is 17.5 Å². The predicted molar refractivity (Wildman–Crippen MR) is 73.8 cm³/mol. The summed E-state index contributed by atoms with van der Waals surface area (Å²) < 4.78 is 5.73. The number of nitrogens with zero attached hydrogens (tertiary/aromatic N) is 1. The van der Waals surface area contributed by atoms with Gasteiger partial charge in [-0.2, -0.15) is 5.10 Å². The average molecular weight is 268 g/mol. The zero-order valence-corrected chi connectivity index (χ0v) is 10.5. The third kappa shape index (κ3) is 2.33. The minimum absolute atomic E-state index is 0.0125. The topological polar surface area (TPSA) is 75.2 Å². The number of carbonyl (C=O) groups is 1. The van der Waals surface area contributed by atoms with E-state index in [1.54, 1.807) is 0 Å². The molecule has 2 N–H and O–H groups in total. The number of nitrogens with one attached hydrogen (secondary N) is 1. The largest absolute Gasteiger partial charge is 0.487 e. The van der Waals surface area contributed by atoms with Gasteiger partial charge in [-0.3, -0.25) is 5.10 Å². The zero-order valence-electron chi connectivity index (χ0n) is 10.5. The lowest BCUT2D eigenvalue weighted by Gasteiger charge is -2.07. The van der Waals surface area contributed by atoms with E-state index in [1.807, 2.05) is 42.5 Å². The molecular weight excluding hydrogens is 256 g/mol. The molecule has 0 radical (unpaired) electrons. The van der Waals surface area contributed by atoms with Crippen molar-refractivity contribution in [3.05, 3.63) is 59.9 Å². The third-order valence-electron chi connectivity index (χ3n) is 2.98. The van der Waals surface area contributed by atoms with E-state index in [-0.39, 0.29) is 12.3 Å². The Morgan fingerprint density at radius 2 is 2.00 bits per heavy atom. The third-order valence-corrected chi connectivity index (χ3v) is 2.98. The summed E-state index contributed by atoms with van der Waals surface area (Å²) in [6.45, 7) is 0.244. The molecule has 0 unspecified atom stereocenters. The van der Waals surface area contributed by atoms with Crippen molar-refractivity contribution in [1.82, 2.24) is 10.2 Å². The van der Waals surface area contributed by atoms with E-state index in [0.717, 1.165) is 16.5 Å². The van der Waals surface area contributed by atoms with Crippen LogP contribution in [0.3, 0.4) is 0 Å². The summed E-state index contributed by atoms with van der Waals surface area (Å²) in [6, 6.07) is 15.2. The molecule has 100 valence electrons. The first kappa shape index (κ1) is 12.2. The van der Waals surface area contributed by atoms with Crippen LogP contribution in [0.15, 0.2) is 48.5 Å². The number of aromatic carboxylic acids is 1. The van der Waals surface area contributed by atoms with Crippen LogP contribution < -0.4 is 4.74 Å². The van der Waals surface area contributed by atoms with Gasteiger partial charge in [0, 0.05) is 5.39 Å². The van der Waals surface area contributed by atoms with Gasteiger partial charge in [0.15, 0.2) is 5.69 Å². The monoisotopic (exact) mass is 268 g/mol. The summed E-state index contributed by atoms with van der Waals surface area (Å²) in [5, 5.41) is 17.3. The Labute approximate surface area is 114 Å². The second-order valence-electron chi connectivity index (χ2n) is 4.35. The van der Waals surface area contributed by atoms with E-state index in [4.69, 9.17) is 9.84 Å². The minimum atomic E-state index is -1.06. The highest BCUT2D eigenvalue weighted by Gasteiger charge is 2.09. The molecule has 1 aromatic heterocycles. The van der Waals surface area contributed by atoms with Crippen molar-refractivity contribution in [2.24, 2.45) is 0 Å². The zero-order chi connectivity index (χ0) is 13.9. The summed E-state index contributed by atoms with van der Waals surface area (Å²) in [4.78, 5) is 10.7. The maximum Gasteiger partial charge on any atom is 0.356 e. The molecule has 3 aromatic rings. The van der Waals surface area contributed by atoms with Gasteiger partial charge in [-0.15, -0.1) is 0 Å². The fraction of sp³-hybridized carbons (Fsp3) is 0.0667. The second kappa shape index (κ2) is 5.05. The molecule has 0 aliphatic carbocycles. The fourth-order valence-electron chi connectivity index (χ4n) is 2.02. The molecule has 0 saturated heterocycles. The van der Waals surface area contributed by atoms with Crippen LogP contribution in [0.4, 0.5) is 0 Å². The van der Waals surface area contributed by atoms with Crippen LogP contribution in [0.1, 0.15) is 16.2 Å². The predicted octanol–water partition coefficient (Wildman–Crippen LogP) is 2.84. The van der Waals surface area contributed by atoms with Gasteiger partial charge in [0.2, 0.25) is 0 Å². The molecule has 0 fully saturated rings. The standard InChI is InChI=1S/C15H12N2O3/c18-15(19)13-8-11(16-17-13)9-20-14-7-3-5-10-4-1-2-6-12(10)14/h1-8H,9H2,(H,16,17)(H,18,19).